The van der Waals surface area contributed by atoms with Crippen LogP contribution in [-0.2, 0) is 19.1 Å². The van der Waals surface area contributed by atoms with Gasteiger partial charge in [-0.15, -0.1) is 0 Å². The van der Waals surface area contributed by atoms with E-state index in [-0.39, 0.29) is 23.4 Å². The van der Waals surface area contributed by atoms with Crippen LogP contribution in [0.1, 0.15) is 77.6 Å². The fourth-order valence-electron chi connectivity index (χ4n) is 2.83. The van der Waals surface area contributed by atoms with Crippen LogP contribution < -0.4 is 0 Å². The first-order valence-corrected chi connectivity index (χ1v) is 10.9. The van der Waals surface area contributed by atoms with E-state index in [9.17, 15) is 9.59 Å². The van der Waals surface area contributed by atoms with Crippen molar-refractivity contribution < 1.29 is 19.1 Å². The Labute approximate surface area is 164 Å². The van der Waals surface area contributed by atoms with Crippen molar-refractivity contribution in [1.82, 2.24) is 0 Å². The molecule has 0 aromatic heterocycles. The number of carbonyl (C=O) groups is 2. The summed E-state index contributed by atoms with van der Waals surface area (Å²) in [5.74, 6) is 0.541. The normalized spacial score (nSPS) is 10.9. The third-order valence-electron chi connectivity index (χ3n) is 4.26. The molecule has 0 saturated heterocycles. The van der Waals surface area contributed by atoms with E-state index in [1.165, 1.54) is 44.9 Å². The van der Waals surface area contributed by atoms with Gasteiger partial charge in [0.15, 0.2) is 0 Å². The van der Waals surface area contributed by atoms with E-state index < -0.39 is 0 Å². The number of hydrogen-bond acceptors (Lipinski definition) is 6. The van der Waals surface area contributed by atoms with Gasteiger partial charge in [-0.25, -0.2) is 0 Å². The minimum atomic E-state index is -0.241. The lowest BCUT2D eigenvalue weighted by molar-refractivity contribution is -0.141. The van der Waals surface area contributed by atoms with Crippen LogP contribution in [0.25, 0.3) is 0 Å². The Morgan fingerprint density at radius 2 is 1.16 bits per heavy atom. The van der Waals surface area contributed by atoms with Crippen molar-refractivity contribution in [2.45, 2.75) is 77.6 Å². The van der Waals surface area contributed by atoms with Crippen molar-refractivity contribution in [2.75, 3.05) is 24.7 Å². The van der Waals surface area contributed by atoms with E-state index in [0.717, 1.165) is 31.6 Å². The molecule has 0 atom stereocenters. The van der Waals surface area contributed by atoms with Gasteiger partial charge < -0.3 is 9.47 Å². The molecule has 0 spiro atoms. The zero-order valence-corrected chi connectivity index (χ0v) is 17.5. The highest BCUT2D eigenvalue weighted by Gasteiger charge is 2.09. The Hall–Kier alpha value is -0.360. The van der Waals surface area contributed by atoms with Gasteiger partial charge in [0.05, 0.1) is 24.7 Å². The molecular weight excluding hydrogens is 356 g/mol. The van der Waals surface area contributed by atoms with E-state index in [2.05, 4.69) is 32.2 Å². The van der Waals surface area contributed by atoms with Crippen LogP contribution in [0.5, 0.6) is 0 Å². The molecule has 0 N–H and O–H groups in total. The van der Waals surface area contributed by atoms with Crippen molar-refractivity contribution in [3.05, 3.63) is 0 Å². The predicted octanol–water partition coefficient (Wildman–Crippen LogP) is 4.86. The summed E-state index contributed by atoms with van der Waals surface area (Å²) < 4.78 is 10.1. The molecule has 0 aliphatic carbocycles. The Morgan fingerprint density at radius 1 is 0.720 bits per heavy atom. The molecule has 4 nitrogen and oxygen atoms in total. The molecule has 0 radical (unpaired) electrons. The van der Waals surface area contributed by atoms with Crippen LogP contribution in [0, 0.1) is 5.92 Å². The summed E-state index contributed by atoms with van der Waals surface area (Å²) in [6, 6.07) is 0. The highest BCUT2D eigenvalue weighted by molar-refractivity contribution is 7.81. The summed E-state index contributed by atoms with van der Waals surface area (Å²) in [4.78, 5) is 22.1. The van der Waals surface area contributed by atoms with Gasteiger partial charge in [-0.05, 0) is 31.6 Å². The minimum absolute atomic E-state index is 0.151. The van der Waals surface area contributed by atoms with Gasteiger partial charge in [0, 0.05) is 0 Å². The molecule has 0 bridgehead atoms. The SMILES string of the molecule is CCCCCCC(CCCCOC(=O)CS)CCCCOC(=O)CS. The molecule has 148 valence electrons. The Bertz CT molecular complexity index is 311. The smallest absolute Gasteiger partial charge is 0.315 e. The number of rotatable bonds is 17. The van der Waals surface area contributed by atoms with Crippen molar-refractivity contribution in [2.24, 2.45) is 5.92 Å². The van der Waals surface area contributed by atoms with Crippen LogP contribution in [0.4, 0.5) is 0 Å². The number of hydrogen-bond donors (Lipinski definition) is 2. The molecule has 0 heterocycles. The van der Waals surface area contributed by atoms with Crippen LogP contribution >= 0.6 is 25.3 Å². The standard InChI is InChI=1S/C19H36O4S2/c1-2-3-4-5-10-17(11-6-8-13-22-18(20)15-24)12-7-9-14-23-19(21)16-25/h17,24-25H,2-16H2,1H3. The van der Waals surface area contributed by atoms with Gasteiger partial charge >= 0.3 is 11.9 Å². The van der Waals surface area contributed by atoms with E-state index in [4.69, 9.17) is 9.47 Å². The zero-order valence-electron chi connectivity index (χ0n) is 15.7. The van der Waals surface area contributed by atoms with E-state index in [0.29, 0.717) is 13.2 Å². The molecule has 0 fully saturated rings. The number of ether oxygens (including phenoxy) is 2. The molecule has 0 aromatic carbocycles. The van der Waals surface area contributed by atoms with Gasteiger partial charge in [-0.3, -0.25) is 9.59 Å². The average Bonchev–Trinajstić information content (AvgIpc) is 2.63. The van der Waals surface area contributed by atoms with Crippen LogP contribution in [-0.4, -0.2) is 36.7 Å². The first-order chi connectivity index (χ1) is 12.1. The van der Waals surface area contributed by atoms with E-state index >= 15 is 0 Å². The number of carbonyl (C=O) groups excluding carboxylic acids is 2. The third kappa shape index (κ3) is 16.8. The Kier molecular flexibility index (Phi) is 18.2. The Morgan fingerprint density at radius 3 is 1.56 bits per heavy atom. The lowest BCUT2D eigenvalue weighted by Crippen LogP contribution is -2.09. The molecule has 6 heteroatoms. The quantitative estimate of drug-likeness (QED) is 0.211. The van der Waals surface area contributed by atoms with Crippen molar-refractivity contribution in [1.29, 1.82) is 0 Å². The minimum Gasteiger partial charge on any atom is -0.465 e. The van der Waals surface area contributed by atoms with Crippen molar-refractivity contribution >= 4 is 37.2 Å². The number of esters is 2. The van der Waals surface area contributed by atoms with Crippen LogP contribution in [0.15, 0.2) is 0 Å². The maximum atomic E-state index is 11.0. The topological polar surface area (TPSA) is 52.6 Å². The van der Waals surface area contributed by atoms with Crippen LogP contribution in [0.3, 0.4) is 0 Å². The molecule has 0 aliphatic heterocycles. The second-order valence-electron chi connectivity index (χ2n) is 6.46. The molecule has 0 rings (SSSR count). The van der Waals surface area contributed by atoms with Crippen molar-refractivity contribution in [3.8, 4) is 0 Å². The van der Waals surface area contributed by atoms with E-state index in [1.807, 2.05) is 0 Å². The van der Waals surface area contributed by atoms with Gasteiger partial charge in [-0.1, -0.05) is 51.9 Å². The number of thiol groups is 2. The molecular formula is C19H36O4S2. The Balaban J connectivity index is 3.88. The first-order valence-electron chi connectivity index (χ1n) is 9.67. The van der Waals surface area contributed by atoms with Gasteiger partial charge in [0.1, 0.15) is 0 Å². The highest BCUT2D eigenvalue weighted by Crippen LogP contribution is 2.23. The molecule has 0 aliphatic rings. The molecule has 0 aromatic rings. The molecule has 0 saturated carbocycles. The maximum Gasteiger partial charge on any atom is 0.315 e. The van der Waals surface area contributed by atoms with Crippen molar-refractivity contribution in [3.63, 3.8) is 0 Å². The third-order valence-corrected chi connectivity index (χ3v) is 4.78. The summed E-state index contributed by atoms with van der Waals surface area (Å²) in [5, 5.41) is 0. The predicted molar refractivity (Wildman–Crippen MR) is 110 cm³/mol. The number of unbranched alkanes of at least 4 members (excludes halogenated alkanes) is 5. The highest BCUT2D eigenvalue weighted by atomic mass is 32.1. The van der Waals surface area contributed by atoms with Gasteiger partial charge in [-0.2, -0.15) is 25.3 Å². The first kappa shape index (κ1) is 24.6. The fraction of sp³-hybridized carbons (Fsp3) is 0.895. The summed E-state index contributed by atoms with van der Waals surface area (Å²) in [6.45, 7) is 3.24. The lowest BCUT2D eigenvalue weighted by atomic mass is 9.90. The average molecular weight is 393 g/mol. The molecule has 25 heavy (non-hydrogen) atoms. The maximum absolute atomic E-state index is 11.0. The summed E-state index contributed by atoms with van der Waals surface area (Å²) >= 11 is 7.79. The van der Waals surface area contributed by atoms with Crippen LogP contribution in [0.2, 0.25) is 0 Å². The van der Waals surface area contributed by atoms with E-state index in [1.54, 1.807) is 0 Å². The second kappa shape index (κ2) is 18.4. The monoisotopic (exact) mass is 392 g/mol. The molecule has 0 unspecified atom stereocenters. The zero-order chi connectivity index (χ0) is 18.8. The molecule has 0 amide bonds. The van der Waals surface area contributed by atoms with Gasteiger partial charge in [0.25, 0.3) is 0 Å². The lowest BCUT2D eigenvalue weighted by Gasteiger charge is -2.17. The summed E-state index contributed by atoms with van der Waals surface area (Å²) in [7, 11) is 0. The summed E-state index contributed by atoms with van der Waals surface area (Å²) in [6.07, 6.45) is 12.8. The second-order valence-corrected chi connectivity index (χ2v) is 7.10. The fourth-order valence-corrected chi connectivity index (χ4v) is 3.01. The summed E-state index contributed by atoms with van der Waals surface area (Å²) in [5.41, 5.74) is 0. The van der Waals surface area contributed by atoms with Gasteiger partial charge in [0.2, 0.25) is 0 Å². The largest absolute Gasteiger partial charge is 0.465 e.